The highest BCUT2D eigenvalue weighted by Gasteiger charge is 2.36. The Bertz CT molecular complexity index is 1340. The Kier molecular flexibility index (Phi) is 7.49. The number of halogens is 1. The predicted molar refractivity (Wildman–Crippen MR) is 150 cm³/mol. The monoisotopic (exact) mass is 538 g/mol. The number of amides is 1. The first-order valence-corrected chi connectivity index (χ1v) is 13.6. The normalized spacial score (nSPS) is 17.2. The van der Waals surface area contributed by atoms with Crippen LogP contribution < -0.4 is 21.1 Å². The molecule has 5 rings (SSSR count). The molecule has 0 atom stereocenters. The van der Waals surface area contributed by atoms with Crippen molar-refractivity contribution >= 4 is 40.0 Å². The second kappa shape index (κ2) is 10.8. The molecule has 1 amide bonds. The Labute approximate surface area is 227 Å². The summed E-state index contributed by atoms with van der Waals surface area (Å²) in [6, 6.07) is 9.14. The summed E-state index contributed by atoms with van der Waals surface area (Å²) in [5.74, 6) is 0.838. The minimum Gasteiger partial charge on any atom is -0.493 e. The van der Waals surface area contributed by atoms with E-state index < -0.39 is 5.60 Å². The third-order valence-electron chi connectivity index (χ3n) is 7.29. The molecule has 0 spiro atoms. The Hall–Kier alpha value is -3.30. The highest BCUT2D eigenvalue weighted by atomic mass is 35.5. The number of nitrogens with one attached hydrogen (secondary N) is 2. The van der Waals surface area contributed by atoms with Crippen molar-refractivity contribution in [2.45, 2.75) is 57.6 Å². The van der Waals surface area contributed by atoms with Gasteiger partial charge in [0, 0.05) is 37.7 Å². The lowest BCUT2D eigenvalue weighted by atomic mass is 9.98. The van der Waals surface area contributed by atoms with Crippen LogP contribution in [0.5, 0.6) is 11.6 Å². The second-order valence-corrected chi connectivity index (χ2v) is 11.2. The van der Waals surface area contributed by atoms with Gasteiger partial charge >= 0.3 is 0 Å². The molecule has 0 saturated carbocycles. The molecule has 0 aliphatic carbocycles. The van der Waals surface area contributed by atoms with Crippen LogP contribution in [0.15, 0.2) is 30.3 Å². The molecule has 1 saturated heterocycles. The third-order valence-corrected chi connectivity index (χ3v) is 7.60. The van der Waals surface area contributed by atoms with Crippen molar-refractivity contribution in [2.24, 2.45) is 0 Å². The van der Waals surface area contributed by atoms with Crippen molar-refractivity contribution in [1.29, 1.82) is 0 Å². The number of nitrogens with two attached hydrogens (primary N) is 1. The number of hydrogen-bond donors (Lipinski definition) is 4. The van der Waals surface area contributed by atoms with Crippen LogP contribution in [-0.2, 0) is 6.42 Å². The van der Waals surface area contributed by atoms with Gasteiger partial charge in [0.25, 0.3) is 5.91 Å². The van der Waals surface area contributed by atoms with Gasteiger partial charge in [0.15, 0.2) is 0 Å². The SMILES string of the molecule is CC1(C)Cc2c(N)c(Cl)cc(C(=O)NC3CCN(CCCCNc4nc(O)c5ccccc5n4)CC3)c2O1. The zero-order valence-corrected chi connectivity index (χ0v) is 22.6. The Morgan fingerprint density at radius 2 is 2.00 bits per heavy atom. The molecule has 2 aliphatic rings. The second-order valence-electron chi connectivity index (χ2n) is 10.8. The number of carbonyl (C=O) groups is 1. The average Bonchev–Trinajstić information content (AvgIpc) is 3.22. The van der Waals surface area contributed by atoms with Crippen LogP contribution in [-0.4, -0.2) is 63.7 Å². The number of carbonyl (C=O) groups excluding carboxylic acids is 1. The first kappa shape index (κ1) is 26.3. The van der Waals surface area contributed by atoms with Gasteiger partial charge in [-0.3, -0.25) is 4.79 Å². The number of fused-ring (bicyclic) bond motifs is 2. The van der Waals surface area contributed by atoms with Crippen molar-refractivity contribution in [3.8, 4) is 11.6 Å². The molecule has 5 N–H and O–H groups in total. The first-order valence-electron chi connectivity index (χ1n) is 13.2. The summed E-state index contributed by atoms with van der Waals surface area (Å²) in [7, 11) is 0. The maximum absolute atomic E-state index is 13.1. The molecule has 9 nitrogen and oxygen atoms in total. The Morgan fingerprint density at radius 1 is 1.24 bits per heavy atom. The molecule has 202 valence electrons. The lowest BCUT2D eigenvalue weighted by Gasteiger charge is -2.32. The van der Waals surface area contributed by atoms with Crippen molar-refractivity contribution < 1.29 is 14.6 Å². The van der Waals surface area contributed by atoms with Gasteiger partial charge in [0.1, 0.15) is 11.4 Å². The zero-order valence-electron chi connectivity index (χ0n) is 21.9. The van der Waals surface area contributed by atoms with Crippen molar-refractivity contribution in [3.05, 3.63) is 46.5 Å². The van der Waals surface area contributed by atoms with Crippen molar-refractivity contribution in [1.82, 2.24) is 20.2 Å². The summed E-state index contributed by atoms with van der Waals surface area (Å²) < 4.78 is 6.07. The number of benzene rings is 2. The van der Waals surface area contributed by atoms with Gasteiger partial charge in [0.2, 0.25) is 11.8 Å². The molecule has 10 heteroatoms. The minimum atomic E-state index is -0.415. The molecule has 1 aromatic heterocycles. The zero-order chi connectivity index (χ0) is 26.9. The smallest absolute Gasteiger partial charge is 0.255 e. The molecular formula is C28H35ClN6O3. The lowest BCUT2D eigenvalue weighted by molar-refractivity contribution is 0.0898. The molecule has 38 heavy (non-hydrogen) atoms. The highest BCUT2D eigenvalue weighted by molar-refractivity contribution is 6.33. The number of piperidine rings is 1. The molecule has 3 aromatic rings. The summed E-state index contributed by atoms with van der Waals surface area (Å²) in [5.41, 5.74) is 8.25. The molecule has 0 unspecified atom stereocenters. The first-order chi connectivity index (χ1) is 18.2. The highest BCUT2D eigenvalue weighted by Crippen LogP contribution is 2.44. The van der Waals surface area contributed by atoms with Crippen LogP contribution in [0.2, 0.25) is 5.02 Å². The van der Waals surface area contributed by atoms with Gasteiger partial charge in [-0.15, -0.1) is 0 Å². The maximum Gasteiger partial charge on any atom is 0.255 e. The largest absolute Gasteiger partial charge is 0.493 e. The number of aromatic nitrogens is 2. The molecule has 2 aliphatic heterocycles. The maximum atomic E-state index is 13.1. The standard InChI is InChI=1S/C28H35ClN6O3/c1-28(2)16-20-23(30)21(29)15-19(24(20)38-28)26(37)32-17-9-13-35(14-10-17)12-6-5-11-31-27-33-22-8-4-3-7-18(22)25(36)34-27/h3-4,7-8,15,17H,5-6,9-14,16,30H2,1-2H3,(H,32,37)(H2,31,33,34,36). The number of unbranched alkanes of at least 4 members (excludes halogenated alkanes) is 1. The number of rotatable bonds is 8. The molecule has 0 radical (unpaired) electrons. The van der Waals surface area contributed by atoms with Gasteiger partial charge in [-0.1, -0.05) is 23.7 Å². The number of aromatic hydroxyl groups is 1. The number of anilines is 2. The molecular weight excluding hydrogens is 504 g/mol. The van der Waals surface area contributed by atoms with E-state index >= 15 is 0 Å². The summed E-state index contributed by atoms with van der Waals surface area (Å²) in [6.45, 7) is 7.56. The quantitative estimate of drug-likeness (QED) is 0.246. The summed E-state index contributed by atoms with van der Waals surface area (Å²) >= 11 is 6.34. The van der Waals surface area contributed by atoms with E-state index in [1.165, 1.54) is 0 Å². The van der Waals surface area contributed by atoms with Gasteiger partial charge in [-0.25, -0.2) is 4.98 Å². The Balaban J connectivity index is 1.05. The summed E-state index contributed by atoms with van der Waals surface area (Å²) in [5, 5.41) is 17.5. The van der Waals surface area contributed by atoms with E-state index in [9.17, 15) is 9.90 Å². The van der Waals surface area contributed by atoms with E-state index in [0.29, 0.717) is 39.8 Å². The fourth-order valence-corrected chi connectivity index (χ4v) is 5.48. The summed E-state index contributed by atoms with van der Waals surface area (Å²) in [4.78, 5) is 24.2. The molecule has 0 bridgehead atoms. The number of nitrogen functional groups attached to an aromatic ring is 1. The van der Waals surface area contributed by atoms with E-state index in [1.54, 1.807) is 12.1 Å². The predicted octanol–water partition coefficient (Wildman–Crippen LogP) is 4.37. The Morgan fingerprint density at radius 3 is 2.79 bits per heavy atom. The van der Waals surface area contributed by atoms with Crippen LogP contribution in [0, 0.1) is 0 Å². The van der Waals surface area contributed by atoms with E-state index in [0.717, 1.165) is 62.9 Å². The lowest BCUT2D eigenvalue weighted by Crippen LogP contribution is -2.45. The van der Waals surface area contributed by atoms with Crippen LogP contribution in [0.3, 0.4) is 0 Å². The fraction of sp³-hybridized carbons (Fsp3) is 0.464. The fourth-order valence-electron chi connectivity index (χ4n) is 5.26. The van der Waals surface area contributed by atoms with Gasteiger partial charge in [-0.2, -0.15) is 4.98 Å². The van der Waals surface area contributed by atoms with Crippen LogP contribution in [0.25, 0.3) is 10.9 Å². The van der Waals surface area contributed by atoms with E-state index in [2.05, 4.69) is 25.5 Å². The number of hydrogen-bond acceptors (Lipinski definition) is 8. The van der Waals surface area contributed by atoms with E-state index in [4.69, 9.17) is 22.1 Å². The number of para-hydroxylation sites is 1. The summed E-state index contributed by atoms with van der Waals surface area (Å²) in [6.07, 6.45) is 4.41. The molecule has 2 aromatic carbocycles. The van der Waals surface area contributed by atoms with Crippen LogP contribution in [0.1, 0.15) is 55.5 Å². The number of nitrogens with zero attached hydrogens (tertiary/aromatic N) is 3. The van der Waals surface area contributed by atoms with Gasteiger partial charge in [-0.05, 0) is 64.3 Å². The minimum absolute atomic E-state index is 0.00620. The molecule has 3 heterocycles. The van der Waals surface area contributed by atoms with Crippen molar-refractivity contribution in [2.75, 3.05) is 37.2 Å². The van der Waals surface area contributed by atoms with Gasteiger partial charge in [0.05, 0.1) is 27.2 Å². The average molecular weight is 539 g/mol. The van der Waals surface area contributed by atoms with Crippen LogP contribution in [0.4, 0.5) is 11.6 Å². The number of ether oxygens (including phenoxy) is 1. The third kappa shape index (κ3) is 5.73. The van der Waals surface area contributed by atoms with E-state index in [1.807, 2.05) is 32.0 Å². The van der Waals surface area contributed by atoms with Crippen LogP contribution >= 0.6 is 11.6 Å². The van der Waals surface area contributed by atoms with E-state index in [-0.39, 0.29) is 17.8 Å². The van der Waals surface area contributed by atoms with Crippen molar-refractivity contribution in [3.63, 3.8) is 0 Å². The topological polar surface area (TPSA) is 126 Å². The molecule has 1 fully saturated rings. The van der Waals surface area contributed by atoms with Gasteiger partial charge < -0.3 is 31.1 Å². The number of likely N-dealkylation sites (tertiary alicyclic amines) is 1.